The molecule has 0 amide bonds. The second-order valence-corrected chi connectivity index (χ2v) is 8.83. The van der Waals surface area contributed by atoms with E-state index in [9.17, 15) is 4.79 Å². The second kappa shape index (κ2) is 12.7. The Kier molecular flexibility index (Phi) is 10.7. The molecule has 8 heteroatoms. The normalized spacial score (nSPS) is 21.5. The van der Waals surface area contributed by atoms with Gasteiger partial charge in [-0.2, -0.15) is 0 Å². The van der Waals surface area contributed by atoms with E-state index < -0.39 is 0 Å². The molecule has 0 aromatic carbocycles. The van der Waals surface area contributed by atoms with Gasteiger partial charge in [0.05, 0.1) is 13.0 Å². The van der Waals surface area contributed by atoms with E-state index in [1.54, 1.807) is 0 Å². The zero-order chi connectivity index (χ0) is 19.8. The maximum atomic E-state index is 11.8. The molecular weight excluding hydrogens is 499 g/mol. The molecule has 0 saturated carbocycles. The van der Waals surface area contributed by atoms with Gasteiger partial charge in [0.2, 0.25) is 0 Å². The number of carbonyl (C=O) groups is 1. The number of carbonyl (C=O) groups excluding carboxylic acids is 1. The monoisotopic (exact) mass is 534 g/mol. The van der Waals surface area contributed by atoms with E-state index in [0.29, 0.717) is 5.92 Å². The van der Waals surface area contributed by atoms with Gasteiger partial charge in [-0.3, -0.25) is 14.7 Å². The minimum absolute atomic E-state index is 0. The third-order valence-electron chi connectivity index (χ3n) is 5.73. The number of hydrogen-bond acceptors (Lipinski definition) is 5. The number of nitrogens with zero attached hydrogens (tertiary/aromatic N) is 3. The molecule has 3 rings (SSSR count). The molecule has 2 fully saturated rings. The van der Waals surface area contributed by atoms with Crippen molar-refractivity contribution in [3.05, 3.63) is 22.4 Å². The van der Waals surface area contributed by atoms with Gasteiger partial charge in [-0.1, -0.05) is 6.07 Å². The lowest BCUT2D eigenvalue weighted by molar-refractivity contribution is -0.146. The summed E-state index contributed by atoms with van der Waals surface area (Å²) in [5, 5.41) is 5.61. The number of piperidine rings is 2. The Morgan fingerprint density at radius 2 is 2.10 bits per heavy atom. The highest BCUT2D eigenvalue weighted by atomic mass is 127. The minimum atomic E-state index is -0.0744. The fourth-order valence-corrected chi connectivity index (χ4v) is 4.95. The summed E-state index contributed by atoms with van der Waals surface area (Å²) >= 11 is 1.85. The predicted molar refractivity (Wildman–Crippen MR) is 130 cm³/mol. The number of ether oxygens (including phenoxy) is 1. The standard InChI is InChI=1S/C21H34N4O2S.HI/c1-3-22-21(25-11-8-18(9-12-25)20(26)27-2)23-14-17-6-4-10-24(15-17)16-19-7-5-13-28-19;/h5,7,13,17-18H,3-4,6,8-12,14-16H2,1-2H3,(H,22,23);1H. The van der Waals surface area contributed by atoms with E-state index >= 15 is 0 Å². The molecule has 1 N–H and O–H groups in total. The van der Waals surface area contributed by atoms with Crippen LogP contribution in [0.3, 0.4) is 0 Å². The molecule has 6 nitrogen and oxygen atoms in total. The van der Waals surface area contributed by atoms with Gasteiger partial charge >= 0.3 is 5.97 Å². The lowest BCUT2D eigenvalue weighted by atomic mass is 9.97. The van der Waals surface area contributed by atoms with Gasteiger partial charge in [0.1, 0.15) is 0 Å². The van der Waals surface area contributed by atoms with Crippen LogP contribution < -0.4 is 5.32 Å². The highest BCUT2D eigenvalue weighted by molar-refractivity contribution is 14.0. The molecule has 2 saturated heterocycles. The molecule has 0 aliphatic carbocycles. The van der Waals surface area contributed by atoms with Gasteiger partial charge in [0, 0.05) is 44.1 Å². The van der Waals surface area contributed by atoms with Crippen LogP contribution in [0.25, 0.3) is 0 Å². The van der Waals surface area contributed by atoms with Crippen molar-refractivity contribution >= 4 is 47.2 Å². The molecule has 0 spiro atoms. The van der Waals surface area contributed by atoms with Crippen molar-refractivity contribution in [2.24, 2.45) is 16.8 Å². The van der Waals surface area contributed by atoms with E-state index in [0.717, 1.165) is 58.1 Å². The van der Waals surface area contributed by atoms with Crippen LogP contribution in [0.1, 0.15) is 37.5 Å². The number of hydrogen-bond donors (Lipinski definition) is 1. The smallest absolute Gasteiger partial charge is 0.308 e. The van der Waals surface area contributed by atoms with Crippen molar-refractivity contribution in [2.75, 3.05) is 46.4 Å². The van der Waals surface area contributed by atoms with Gasteiger partial charge in [-0.15, -0.1) is 35.3 Å². The number of thiophene rings is 1. The average molecular weight is 535 g/mol. The highest BCUT2D eigenvalue weighted by Gasteiger charge is 2.27. The fourth-order valence-electron chi connectivity index (χ4n) is 4.20. The van der Waals surface area contributed by atoms with Gasteiger partial charge in [0.25, 0.3) is 0 Å². The lowest BCUT2D eigenvalue weighted by Gasteiger charge is -2.34. The molecule has 0 radical (unpaired) electrons. The number of guanidine groups is 1. The van der Waals surface area contributed by atoms with Crippen molar-refractivity contribution < 1.29 is 9.53 Å². The molecule has 3 heterocycles. The Hall–Kier alpha value is -0.870. The van der Waals surface area contributed by atoms with Gasteiger partial charge in [-0.25, -0.2) is 0 Å². The zero-order valence-electron chi connectivity index (χ0n) is 17.6. The van der Waals surface area contributed by atoms with E-state index in [2.05, 4.69) is 39.6 Å². The second-order valence-electron chi connectivity index (χ2n) is 7.80. The van der Waals surface area contributed by atoms with E-state index in [4.69, 9.17) is 9.73 Å². The summed E-state index contributed by atoms with van der Waals surface area (Å²) in [5.41, 5.74) is 0. The van der Waals surface area contributed by atoms with E-state index in [1.165, 1.54) is 31.4 Å². The maximum absolute atomic E-state index is 11.8. The van der Waals surface area contributed by atoms with Crippen LogP contribution in [0, 0.1) is 11.8 Å². The van der Waals surface area contributed by atoms with Crippen LogP contribution in [0.2, 0.25) is 0 Å². The third-order valence-corrected chi connectivity index (χ3v) is 6.59. The molecule has 1 atom stereocenters. The molecule has 0 bridgehead atoms. The summed E-state index contributed by atoms with van der Waals surface area (Å²) < 4.78 is 4.90. The van der Waals surface area contributed by atoms with Crippen LogP contribution in [-0.4, -0.2) is 68.1 Å². The average Bonchev–Trinajstić information content (AvgIpc) is 3.24. The van der Waals surface area contributed by atoms with Gasteiger partial charge < -0.3 is 15.0 Å². The van der Waals surface area contributed by atoms with Crippen molar-refractivity contribution in [1.82, 2.24) is 15.1 Å². The van der Waals surface area contributed by atoms with Crippen LogP contribution >= 0.6 is 35.3 Å². The fraction of sp³-hybridized carbons (Fsp3) is 0.714. The molecule has 164 valence electrons. The number of aliphatic imine (C=N–C) groups is 1. The highest BCUT2D eigenvalue weighted by Crippen LogP contribution is 2.22. The first-order valence-corrected chi connectivity index (χ1v) is 11.4. The quantitative estimate of drug-likeness (QED) is 0.263. The van der Waals surface area contributed by atoms with E-state index in [1.807, 2.05) is 11.3 Å². The number of esters is 1. The first-order valence-electron chi connectivity index (χ1n) is 10.6. The van der Waals surface area contributed by atoms with Crippen LogP contribution in [-0.2, 0) is 16.1 Å². The molecule has 1 unspecified atom stereocenters. The van der Waals surface area contributed by atoms with Crippen molar-refractivity contribution in [2.45, 2.75) is 39.2 Å². The molecule has 29 heavy (non-hydrogen) atoms. The van der Waals surface area contributed by atoms with E-state index in [-0.39, 0.29) is 35.9 Å². The van der Waals surface area contributed by atoms with Crippen molar-refractivity contribution in [3.8, 4) is 0 Å². The first kappa shape index (κ1) is 24.4. The molecule has 2 aliphatic rings. The summed E-state index contributed by atoms with van der Waals surface area (Å²) in [7, 11) is 1.48. The summed E-state index contributed by atoms with van der Waals surface area (Å²) in [4.78, 5) is 23.1. The number of methoxy groups -OCH3 is 1. The SMILES string of the molecule is CCNC(=NCC1CCCN(Cc2cccs2)C1)N1CCC(C(=O)OC)CC1.I. The minimum Gasteiger partial charge on any atom is -0.469 e. The molecule has 2 aliphatic heterocycles. The Balaban J connectivity index is 0.00000300. The third kappa shape index (κ3) is 7.40. The first-order chi connectivity index (χ1) is 13.7. The Morgan fingerprint density at radius 3 is 2.76 bits per heavy atom. The Bertz CT molecular complexity index is 633. The number of halogens is 1. The van der Waals surface area contributed by atoms with Crippen LogP contribution in [0.15, 0.2) is 22.5 Å². The number of likely N-dealkylation sites (tertiary alicyclic amines) is 2. The summed E-state index contributed by atoms with van der Waals surface area (Å²) in [6.45, 7) is 8.97. The number of rotatable bonds is 6. The number of nitrogens with one attached hydrogen (secondary N) is 1. The Morgan fingerprint density at radius 1 is 1.31 bits per heavy atom. The van der Waals surface area contributed by atoms with Crippen LogP contribution in [0.5, 0.6) is 0 Å². The molecule has 1 aromatic rings. The van der Waals surface area contributed by atoms with Gasteiger partial charge in [0.15, 0.2) is 5.96 Å². The molecular formula is C21H35IN4O2S. The summed E-state index contributed by atoms with van der Waals surface area (Å²) in [5.74, 6) is 1.58. The lowest BCUT2D eigenvalue weighted by Crippen LogP contribution is -2.47. The largest absolute Gasteiger partial charge is 0.469 e. The Labute approximate surface area is 196 Å². The molecule has 1 aromatic heterocycles. The summed E-state index contributed by atoms with van der Waals surface area (Å²) in [6, 6.07) is 4.37. The van der Waals surface area contributed by atoms with Crippen molar-refractivity contribution in [1.29, 1.82) is 0 Å². The summed E-state index contributed by atoms with van der Waals surface area (Å²) in [6.07, 6.45) is 4.20. The van der Waals surface area contributed by atoms with Crippen LogP contribution in [0.4, 0.5) is 0 Å². The maximum Gasteiger partial charge on any atom is 0.308 e. The van der Waals surface area contributed by atoms with Crippen molar-refractivity contribution in [3.63, 3.8) is 0 Å². The predicted octanol–water partition coefficient (Wildman–Crippen LogP) is 3.43. The topological polar surface area (TPSA) is 57.2 Å². The zero-order valence-corrected chi connectivity index (χ0v) is 20.8. The van der Waals surface area contributed by atoms with Gasteiger partial charge in [-0.05, 0) is 56.5 Å².